The van der Waals surface area contributed by atoms with Gasteiger partial charge in [-0.3, -0.25) is 9.89 Å². The summed E-state index contributed by atoms with van der Waals surface area (Å²) in [7, 11) is 0. The molecular weight excluding hydrogens is 222 g/mol. The molecule has 0 saturated carbocycles. The zero-order chi connectivity index (χ0) is 13.1. The largest absolute Gasteiger partial charge is 0.480 e. The first-order valence-corrected chi connectivity index (χ1v) is 5.31. The summed E-state index contributed by atoms with van der Waals surface area (Å²) in [6.45, 7) is 5.30. The van der Waals surface area contributed by atoms with Crippen LogP contribution in [0.2, 0.25) is 0 Å². The highest BCUT2D eigenvalue weighted by Gasteiger charge is 2.32. The Morgan fingerprint density at radius 3 is 2.59 bits per heavy atom. The highest BCUT2D eigenvalue weighted by molar-refractivity contribution is 5.85. The predicted molar refractivity (Wildman–Crippen MR) is 61.3 cm³/mol. The van der Waals surface area contributed by atoms with E-state index in [1.54, 1.807) is 33.0 Å². The van der Waals surface area contributed by atoms with Crippen LogP contribution in [0.1, 0.15) is 26.5 Å². The highest BCUT2D eigenvalue weighted by atomic mass is 16.4. The van der Waals surface area contributed by atoms with Crippen LogP contribution in [0.3, 0.4) is 0 Å². The maximum atomic E-state index is 11.6. The smallest absolute Gasteiger partial charge is 0.326 e. The summed E-state index contributed by atoms with van der Waals surface area (Å²) >= 11 is 0. The summed E-state index contributed by atoms with van der Waals surface area (Å²) < 4.78 is 0. The number of carbonyl (C=O) groups excluding carboxylic acids is 1. The molecule has 0 bridgehead atoms. The average molecular weight is 239 g/mol. The molecule has 6 heteroatoms. The van der Waals surface area contributed by atoms with Gasteiger partial charge in [0.05, 0.1) is 6.42 Å². The minimum Gasteiger partial charge on any atom is -0.480 e. The molecule has 1 rings (SSSR count). The summed E-state index contributed by atoms with van der Waals surface area (Å²) in [5, 5.41) is 17.9. The number of aromatic nitrogens is 2. The SMILES string of the molecule is CC(C)(C)[C@H](NC(=O)Cc1ccn[nH]1)C(=O)O. The Balaban J connectivity index is 2.62. The Hall–Kier alpha value is -1.85. The Kier molecular flexibility index (Phi) is 3.88. The van der Waals surface area contributed by atoms with Crippen molar-refractivity contribution in [1.29, 1.82) is 0 Å². The third kappa shape index (κ3) is 3.90. The van der Waals surface area contributed by atoms with E-state index in [4.69, 9.17) is 5.11 Å². The first-order chi connectivity index (χ1) is 7.80. The summed E-state index contributed by atoms with van der Waals surface area (Å²) in [5.74, 6) is -1.37. The highest BCUT2D eigenvalue weighted by Crippen LogP contribution is 2.19. The van der Waals surface area contributed by atoms with Gasteiger partial charge < -0.3 is 10.4 Å². The van der Waals surface area contributed by atoms with E-state index in [1.807, 2.05) is 0 Å². The standard InChI is InChI=1S/C11H17N3O3/c1-11(2,3)9(10(16)17)13-8(15)6-7-4-5-12-14-7/h4-5,9H,6H2,1-3H3,(H,12,14)(H,13,15)(H,16,17)/t9-/m1/s1. The van der Waals surface area contributed by atoms with Gasteiger partial charge in [-0.15, -0.1) is 0 Å². The number of hydrogen-bond acceptors (Lipinski definition) is 3. The van der Waals surface area contributed by atoms with E-state index in [0.717, 1.165) is 0 Å². The number of H-pyrrole nitrogens is 1. The van der Waals surface area contributed by atoms with E-state index in [9.17, 15) is 9.59 Å². The van der Waals surface area contributed by atoms with E-state index in [1.165, 1.54) is 0 Å². The fourth-order valence-electron chi connectivity index (χ4n) is 1.42. The summed E-state index contributed by atoms with van der Waals surface area (Å²) in [5.41, 5.74) is 0.121. The quantitative estimate of drug-likeness (QED) is 0.715. The molecule has 1 aromatic rings. The van der Waals surface area contributed by atoms with Crippen LogP contribution in [0.5, 0.6) is 0 Å². The van der Waals surface area contributed by atoms with Gasteiger partial charge in [0.2, 0.25) is 5.91 Å². The van der Waals surface area contributed by atoms with Crippen molar-refractivity contribution < 1.29 is 14.7 Å². The lowest BCUT2D eigenvalue weighted by molar-refractivity contribution is -0.144. The van der Waals surface area contributed by atoms with Crippen LogP contribution >= 0.6 is 0 Å². The number of nitrogens with one attached hydrogen (secondary N) is 2. The van der Waals surface area contributed by atoms with E-state index in [-0.39, 0.29) is 12.3 Å². The molecule has 1 aromatic heterocycles. The van der Waals surface area contributed by atoms with Gasteiger partial charge in [-0.05, 0) is 11.5 Å². The van der Waals surface area contributed by atoms with E-state index < -0.39 is 17.4 Å². The second-order valence-electron chi connectivity index (χ2n) is 4.96. The zero-order valence-corrected chi connectivity index (χ0v) is 10.2. The third-order valence-corrected chi connectivity index (χ3v) is 2.33. The topological polar surface area (TPSA) is 95.1 Å². The first kappa shape index (κ1) is 13.2. The number of carboxylic acids is 1. The normalized spacial score (nSPS) is 13.1. The Morgan fingerprint density at radius 1 is 1.53 bits per heavy atom. The number of carboxylic acid groups (broad SMARTS) is 1. The second-order valence-corrected chi connectivity index (χ2v) is 4.96. The summed E-state index contributed by atoms with van der Waals surface area (Å²) in [6.07, 6.45) is 1.64. The van der Waals surface area contributed by atoms with Gasteiger partial charge in [0, 0.05) is 11.9 Å². The molecule has 0 aromatic carbocycles. The van der Waals surface area contributed by atoms with Crippen molar-refractivity contribution in [2.45, 2.75) is 33.2 Å². The molecule has 0 unspecified atom stereocenters. The number of amides is 1. The monoisotopic (exact) mass is 239 g/mol. The van der Waals surface area contributed by atoms with Gasteiger partial charge in [0.1, 0.15) is 6.04 Å². The fourth-order valence-corrected chi connectivity index (χ4v) is 1.42. The van der Waals surface area contributed by atoms with Crippen LogP contribution in [-0.2, 0) is 16.0 Å². The average Bonchev–Trinajstić information content (AvgIpc) is 2.64. The molecule has 94 valence electrons. The number of hydrogen-bond donors (Lipinski definition) is 3. The second kappa shape index (κ2) is 4.99. The van der Waals surface area contributed by atoms with Gasteiger partial charge in [-0.1, -0.05) is 20.8 Å². The molecule has 1 heterocycles. The molecule has 1 amide bonds. The molecule has 0 spiro atoms. The lowest BCUT2D eigenvalue weighted by Crippen LogP contribution is -2.49. The zero-order valence-electron chi connectivity index (χ0n) is 10.2. The Bertz CT molecular complexity index is 393. The Labute approximate surface area is 99.4 Å². The summed E-state index contributed by atoms with van der Waals surface area (Å²) in [4.78, 5) is 22.7. The molecule has 0 aliphatic heterocycles. The lowest BCUT2D eigenvalue weighted by atomic mass is 9.86. The molecule has 0 fully saturated rings. The van der Waals surface area contributed by atoms with Crippen molar-refractivity contribution in [3.63, 3.8) is 0 Å². The van der Waals surface area contributed by atoms with Crippen LogP contribution < -0.4 is 5.32 Å². The van der Waals surface area contributed by atoms with E-state index >= 15 is 0 Å². The molecule has 17 heavy (non-hydrogen) atoms. The number of aliphatic carboxylic acids is 1. The molecule has 0 radical (unpaired) electrons. The van der Waals surface area contributed by atoms with E-state index in [2.05, 4.69) is 15.5 Å². The predicted octanol–water partition coefficient (Wildman–Crippen LogP) is 0.568. The number of carbonyl (C=O) groups is 2. The minimum absolute atomic E-state index is 0.0971. The van der Waals surface area contributed by atoms with Gasteiger partial charge in [-0.25, -0.2) is 4.79 Å². The third-order valence-electron chi connectivity index (χ3n) is 2.33. The van der Waals surface area contributed by atoms with Gasteiger partial charge >= 0.3 is 5.97 Å². The molecule has 3 N–H and O–H groups in total. The molecule has 0 aliphatic rings. The van der Waals surface area contributed by atoms with Crippen LogP contribution in [0.4, 0.5) is 0 Å². The maximum absolute atomic E-state index is 11.6. The molecular formula is C11H17N3O3. The lowest BCUT2D eigenvalue weighted by Gasteiger charge is -2.27. The van der Waals surface area contributed by atoms with Gasteiger partial charge in [0.25, 0.3) is 0 Å². The minimum atomic E-state index is -1.03. The van der Waals surface area contributed by atoms with Crippen LogP contribution in [0, 0.1) is 5.41 Å². The summed E-state index contributed by atoms with van der Waals surface area (Å²) in [6, 6.07) is 0.768. The first-order valence-electron chi connectivity index (χ1n) is 5.31. The van der Waals surface area contributed by atoms with Crippen molar-refractivity contribution in [2.75, 3.05) is 0 Å². The van der Waals surface area contributed by atoms with E-state index in [0.29, 0.717) is 5.69 Å². The van der Waals surface area contributed by atoms with Crippen molar-refractivity contribution in [1.82, 2.24) is 15.5 Å². The fraction of sp³-hybridized carbons (Fsp3) is 0.545. The van der Waals surface area contributed by atoms with Gasteiger partial charge in [-0.2, -0.15) is 5.10 Å². The van der Waals surface area contributed by atoms with Crippen molar-refractivity contribution in [3.05, 3.63) is 18.0 Å². The maximum Gasteiger partial charge on any atom is 0.326 e. The number of rotatable bonds is 4. The molecule has 0 aliphatic carbocycles. The van der Waals surface area contributed by atoms with Crippen LogP contribution in [-0.4, -0.2) is 33.2 Å². The number of nitrogens with zero attached hydrogens (tertiary/aromatic N) is 1. The molecule has 6 nitrogen and oxygen atoms in total. The number of aromatic amines is 1. The van der Waals surface area contributed by atoms with Gasteiger partial charge in [0.15, 0.2) is 0 Å². The molecule has 0 saturated heterocycles. The Morgan fingerprint density at radius 2 is 2.18 bits per heavy atom. The van der Waals surface area contributed by atoms with Crippen LogP contribution in [0.25, 0.3) is 0 Å². The van der Waals surface area contributed by atoms with Crippen molar-refractivity contribution >= 4 is 11.9 Å². The van der Waals surface area contributed by atoms with Crippen LogP contribution in [0.15, 0.2) is 12.3 Å². The van der Waals surface area contributed by atoms with Crippen molar-refractivity contribution in [3.8, 4) is 0 Å². The molecule has 1 atom stereocenters. The van der Waals surface area contributed by atoms with Crippen molar-refractivity contribution in [2.24, 2.45) is 5.41 Å².